The summed E-state index contributed by atoms with van der Waals surface area (Å²) in [5, 5.41) is 3.65. The van der Waals surface area contributed by atoms with Gasteiger partial charge in [0, 0.05) is 24.8 Å². The molecule has 92 valence electrons. The van der Waals surface area contributed by atoms with Gasteiger partial charge in [-0.15, -0.1) is 0 Å². The highest BCUT2D eigenvalue weighted by Gasteiger charge is 2.32. The molecule has 1 N–H and O–H groups in total. The van der Waals surface area contributed by atoms with Gasteiger partial charge < -0.3 is 5.32 Å². The number of hydrogen-bond donors (Lipinski definition) is 1. The van der Waals surface area contributed by atoms with Crippen LogP contribution in [-0.4, -0.2) is 35.1 Å². The molecular weight excluding hydrogens is 210 g/mol. The zero-order chi connectivity index (χ0) is 11.5. The normalized spacial score (nSPS) is 29.9. The fourth-order valence-corrected chi connectivity index (χ4v) is 3.24. The van der Waals surface area contributed by atoms with Crippen LogP contribution in [0.25, 0.3) is 0 Å². The molecule has 17 heavy (non-hydrogen) atoms. The van der Waals surface area contributed by atoms with Gasteiger partial charge in [-0.25, -0.2) is 0 Å². The molecule has 0 saturated carbocycles. The van der Waals surface area contributed by atoms with Crippen LogP contribution in [0.1, 0.15) is 31.4 Å². The Kier molecular flexibility index (Phi) is 3.39. The third kappa shape index (κ3) is 2.50. The highest BCUT2D eigenvalue weighted by Crippen LogP contribution is 2.25. The quantitative estimate of drug-likeness (QED) is 0.860. The van der Waals surface area contributed by atoms with Crippen LogP contribution in [0.2, 0.25) is 0 Å². The number of likely N-dealkylation sites (tertiary alicyclic amines) is 1. The van der Waals surface area contributed by atoms with E-state index in [2.05, 4.69) is 27.3 Å². The standard InChI is InChI=1S/C14H21N3/c1-2-8-15-12(5-1)11-17-10-4-7-14(17)13-6-3-9-16-13/h1-2,5,8,13-14,16H,3-4,6-7,9-11H2/t13?,14-/m0/s1. The second-order valence-electron chi connectivity index (χ2n) is 5.20. The number of rotatable bonds is 3. The van der Waals surface area contributed by atoms with Crippen molar-refractivity contribution >= 4 is 0 Å². The second kappa shape index (κ2) is 5.15. The van der Waals surface area contributed by atoms with Gasteiger partial charge in [-0.2, -0.15) is 0 Å². The number of nitrogens with one attached hydrogen (secondary N) is 1. The Hall–Kier alpha value is -0.930. The van der Waals surface area contributed by atoms with Gasteiger partial charge >= 0.3 is 0 Å². The fourth-order valence-electron chi connectivity index (χ4n) is 3.24. The first-order valence-electron chi connectivity index (χ1n) is 6.81. The largest absolute Gasteiger partial charge is 0.312 e. The van der Waals surface area contributed by atoms with Crippen LogP contribution < -0.4 is 5.32 Å². The van der Waals surface area contributed by atoms with Crippen LogP contribution in [0.3, 0.4) is 0 Å². The predicted molar refractivity (Wildman–Crippen MR) is 68.7 cm³/mol. The van der Waals surface area contributed by atoms with Crippen molar-refractivity contribution in [3.63, 3.8) is 0 Å². The average Bonchev–Trinajstić information content (AvgIpc) is 3.00. The van der Waals surface area contributed by atoms with Crippen molar-refractivity contribution < 1.29 is 0 Å². The van der Waals surface area contributed by atoms with Crippen molar-refractivity contribution in [2.24, 2.45) is 0 Å². The number of nitrogens with zero attached hydrogens (tertiary/aromatic N) is 2. The highest BCUT2D eigenvalue weighted by atomic mass is 15.2. The van der Waals surface area contributed by atoms with Crippen molar-refractivity contribution in [1.82, 2.24) is 15.2 Å². The fraction of sp³-hybridized carbons (Fsp3) is 0.643. The van der Waals surface area contributed by atoms with E-state index >= 15 is 0 Å². The van der Waals surface area contributed by atoms with E-state index in [1.807, 2.05) is 12.3 Å². The maximum atomic E-state index is 4.44. The van der Waals surface area contributed by atoms with Gasteiger partial charge in [0.25, 0.3) is 0 Å². The van der Waals surface area contributed by atoms with E-state index in [0.29, 0.717) is 0 Å². The Morgan fingerprint density at radius 2 is 2.29 bits per heavy atom. The molecule has 0 amide bonds. The molecule has 3 rings (SSSR count). The first kappa shape index (κ1) is 11.2. The maximum Gasteiger partial charge on any atom is 0.0544 e. The monoisotopic (exact) mass is 231 g/mol. The molecule has 3 nitrogen and oxygen atoms in total. The van der Waals surface area contributed by atoms with Crippen molar-refractivity contribution in [3.05, 3.63) is 30.1 Å². The lowest BCUT2D eigenvalue weighted by atomic mass is 10.0. The van der Waals surface area contributed by atoms with E-state index in [0.717, 1.165) is 18.6 Å². The minimum Gasteiger partial charge on any atom is -0.312 e. The molecule has 2 fully saturated rings. The Balaban J connectivity index is 1.65. The summed E-state index contributed by atoms with van der Waals surface area (Å²) in [4.78, 5) is 7.06. The van der Waals surface area contributed by atoms with Crippen molar-refractivity contribution in [2.45, 2.75) is 44.3 Å². The van der Waals surface area contributed by atoms with Crippen molar-refractivity contribution in [3.8, 4) is 0 Å². The van der Waals surface area contributed by atoms with E-state index in [4.69, 9.17) is 0 Å². The second-order valence-corrected chi connectivity index (χ2v) is 5.20. The molecule has 1 unspecified atom stereocenters. The summed E-state index contributed by atoms with van der Waals surface area (Å²) in [6.45, 7) is 3.46. The molecule has 2 atom stereocenters. The van der Waals surface area contributed by atoms with E-state index in [1.165, 1.54) is 44.5 Å². The Bertz CT molecular complexity index is 346. The van der Waals surface area contributed by atoms with Crippen molar-refractivity contribution in [2.75, 3.05) is 13.1 Å². The molecule has 0 aromatic carbocycles. The molecule has 0 radical (unpaired) electrons. The molecule has 3 heteroatoms. The van der Waals surface area contributed by atoms with E-state index < -0.39 is 0 Å². The minimum absolute atomic E-state index is 0.723. The van der Waals surface area contributed by atoms with Gasteiger partial charge in [0.15, 0.2) is 0 Å². The van der Waals surface area contributed by atoms with Crippen LogP contribution in [-0.2, 0) is 6.54 Å². The van der Waals surface area contributed by atoms with Gasteiger partial charge in [-0.3, -0.25) is 9.88 Å². The summed E-state index contributed by atoms with van der Waals surface area (Å²) >= 11 is 0. The Morgan fingerprint density at radius 1 is 1.29 bits per heavy atom. The van der Waals surface area contributed by atoms with E-state index in [-0.39, 0.29) is 0 Å². The Morgan fingerprint density at radius 3 is 3.06 bits per heavy atom. The highest BCUT2D eigenvalue weighted by molar-refractivity contribution is 5.05. The summed E-state index contributed by atoms with van der Waals surface area (Å²) in [5.41, 5.74) is 1.21. The lowest BCUT2D eigenvalue weighted by Crippen LogP contribution is -2.43. The van der Waals surface area contributed by atoms with E-state index in [9.17, 15) is 0 Å². The molecule has 2 aliphatic heterocycles. The lowest BCUT2D eigenvalue weighted by Gasteiger charge is -2.29. The zero-order valence-corrected chi connectivity index (χ0v) is 10.3. The van der Waals surface area contributed by atoms with Crippen LogP contribution in [0.4, 0.5) is 0 Å². The predicted octanol–water partition coefficient (Wildman–Crippen LogP) is 1.80. The summed E-state index contributed by atoms with van der Waals surface area (Å²) in [6.07, 6.45) is 7.29. The summed E-state index contributed by atoms with van der Waals surface area (Å²) in [7, 11) is 0. The molecular formula is C14H21N3. The van der Waals surface area contributed by atoms with Gasteiger partial charge in [-0.1, -0.05) is 6.07 Å². The molecule has 2 aliphatic rings. The maximum absolute atomic E-state index is 4.44. The lowest BCUT2D eigenvalue weighted by molar-refractivity contribution is 0.204. The third-order valence-electron chi connectivity index (χ3n) is 4.07. The van der Waals surface area contributed by atoms with Crippen LogP contribution in [0, 0.1) is 0 Å². The molecule has 1 aromatic rings. The topological polar surface area (TPSA) is 28.2 Å². The van der Waals surface area contributed by atoms with Gasteiger partial charge in [-0.05, 0) is 50.9 Å². The van der Waals surface area contributed by atoms with Crippen LogP contribution >= 0.6 is 0 Å². The molecule has 2 saturated heterocycles. The average molecular weight is 231 g/mol. The van der Waals surface area contributed by atoms with Gasteiger partial charge in [0.2, 0.25) is 0 Å². The number of aromatic nitrogens is 1. The molecule has 0 aliphatic carbocycles. The number of hydrogen-bond acceptors (Lipinski definition) is 3. The third-order valence-corrected chi connectivity index (χ3v) is 4.07. The van der Waals surface area contributed by atoms with E-state index in [1.54, 1.807) is 0 Å². The molecule has 0 bridgehead atoms. The van der Waals surface area contributed by atoms with Gasteiger partial charge in [0.1, 0.15) is 0 Å². The SMILES string of the molecule is c1ccc(CN2CCC[C@H]2C2CCCN2)nc1. The first-order valence-corrected chi connectivity index (χ1v) is 6.81. The first-order chi connectivity index (χ1) is 8.43. The summed E-state index contributed by atoms with van der Waals surface area (Å²) in [6, 6.07) is 7.67. The molecule has 1 aromatic heterocycles. The summed E-state index contributed by atoms with van der Waals surface area (Å²) < 4.78 is 0. The van der Waals surface area contributed by atoms with Crippen molar-refractivity contribution in [1.29, 1.82) is 0 Å². The van der Waals surface area contributed by atoms with Gasteiger partial charge in [0.05, 0.1) is 5.69 Å². The Labute approximate surface area is 103 Å². The molecule has 0 spiro atoms. The zero-order valence-electron chi connectivity index (χ0n) is 10.3. The van der Waals surface area contributed by atoms with Crippen LogP contribution in [0.5, 0.6) is 0 Å². The number of pyridine rings is 1. The summed E-state index contributed by atoms with van der Waals surface area (Å²) in [5.74, 6) is 0. The molecule has 3 heterocycles. The minimum atomic E-state index is 0.723. The van der Waals surface area contributed by atoms with Crippen LogP contribution in [0.15, 0.2) is 24.4 Å². The smallest absolute Gasteiger partial charge is 0.0544 e.